The number of likely N-dealkylation sites (tertiary alicyclic amines) is 1. The van der Waals surface area contributed by atoms with Crippen molar-refractivity contribution in [1.82, 2.24) is 14.9 Å². The quantitative estimate of drug-likeness (QED) is 0.916. The fourth-order valence-electron chi connectivity index (χ4n) is 2.58. The van der Waals surface area contributed by atoms with E-state index in [1.807, 2.05) is 35.5 Å². The summed E-state index contributed by atoms with van der Waals surface area (Å²) in [6.07, 6.45) is 4.00. The van der Waals surface area contributed by atoms with Crippen molar-refractivity contribution in [1.29, 1.82) is 0 Å². The molecule has 5 heteroatoms. The van der Waals surface area contributed by atoms with Crippen LogP contribution < -0.4 is 0 Å². The number of nitrogens with zero attached hydrogens (tertiary/aromatic N) is 2. The monoisotopic (exact) mass is 275 g/mol. The first kappa shape index (κ1) is 12.4. The second-order valence-corrected chi connectivity index (χ2v) is 5.97. The summed E-state index contributed by atoms with van der Waals surface area (Å²) in [5.74, 6) is 1.51. The zero-order valence-electron chi connectivity index (χ0n) is 10.9. The number of carbonyl (C=O) groups is 1. The maximum absolute atomic E-state index is 12.3. The fourth-order valence-corrected chi connectivity index (χ4v) is 3.27. The minimum atomic E-state index is 0.156. The van der Waals surface area contributed by atoms with Crippen LogP contribution in [0.25, 0.3) is 0 Å². The lowest BCUT2D eigenvalue weighted by atomic mass is 9.97. The molecular formula is C14H17N3OS. The number of nitrogens with one attached hydrogen (secondary N) is 1. The van der Waals surface area contributed by atoms with Gasteiger partial charge in [0.1, 0.15) is 5.82 Å². The van der Waals surface area contributed by atoms with E-state index in [1.165, 1.54) is 11.3 Å². The highest BCUT2D eigenvalue weighted by Crippen LogP contribution is 2.26. The van der Waals surface area contributed by atoms with Crippen LogP contribution in [0.2, 0.25) is 0 Å². The smallest absolute Gasteiger partial charge is 0.263 e. The number of rotatable bonds is 2. The predicted octanol–water partition coefficient (Wildman–Crippen LogP) is 2.80. The molecule has 1 atom stereocenters. The Morgan fingerprint density at radius 1 is 1.58 bits per heavy atom. The second-order valence-electron chi connectivity index (χ2n) is 5.02. The van der Waals surface area contributed by atoms with E-state index >= 15 is 0 Å². The number of thiophene rings is 1. The molecule has 0 bridgehead atoms. The number of amides is 1. The van der Waals surface area contributed by atoms with Crippen LogP contribution in [-0.4, -0.2) is 33.9 Å². The molecule has 1 N–H and O–H groups in total. The number of imidazole rings is 1. The molecule has 0 aliphatic carbocycles. The van der Waals surface area contributed by atoms with Crippen LogP contribution in [0.15, 0.2) is 23.7 Å². The molecule has 1 aliphatic heterocycles. The molecule has 0 saturated carbocycles. The van der Waals surface area contributed by atoms with Crippen LogP contribution in [0.5, 0.6) is 0 Å². The Hall–Kier alpha value is -1.62. The fraction of sp³-hybridized carbons (Fsp3) is 0.429. The van der Waals surface area contributed by atoms with Gasteiger partial charge in [0, 0.05) is 30.9 Å². The van der Waals surface area contributed by atoms with E-state index in [0.717, 1.165) is 42.3 Å². The molecule has 0 radical (unpaired) electrons. The summed E-state index contributed by atoms with van der Waals surface area (Å²) in [4.78, 5) is 22.8. The standard InChI is InChI=1S/C14H17N3OS/c1-10-8-15-13(16-10)11-4-2-6-17(9-11)14(18)12-5-3-7-19-12/h3,5,7-8,11H,2,4,6,9H2,1H3,(H,15,16)/t11-/m0/s1. The highest BCUT2D eigenvalue weighted by molar-refractivity contribution is 7.12. The van der Waals surface area contributed by atoms with Crippen molar-refractivity contribution in [3.8, 4) is 0 Å². The van der Waals surface area contributed by atoms with E-state index in [1.54, 1.807) is 0 Å². The Balaban J connectivity index is 1.73. The van der Waals surface area contributed by atoms with E-state index < -0.39 is 0 Å². The lowest BCUT2D eigenvalue weighted by Crippen LogP contribution is -2.39. The Labute approximate surface area is 116 Å². The van der Waals surface area contributed by atoms with Gasteiger partial charge in [-0.25, -0.2) is 4.98 Å². The van der Waals surface area contributed by atoms with Crippen LogP contribution in [-0.2, 0) is 0 Å². The number of piperidine rings is 1. The molecule has 1 amide bonds. The molecular weight excluding hydrogens is 258 g/mol. The summed E-state index contributed by atoms with van der Waals surface area (Å²) >= 11 is 1.51. The van der Waals surface area contributed by atoms with Crippen LogP contribution in [0, 0.1) is 6.92 Å². The molecule has 1 saturated heterocycles. The largest absolute Gasteiger partial charge is 0.346 e. The first-order chi connectivity index (χ1) is 9.24. The summed E-state index contributed by atoms with van der Waals surface area (Å²) in [6.45, 7) is 3.63. The molecule has 19 heavy (non-hydrogen) atoms. The Morgan fingerprint density at radius 2 is 2.47 bits per heavy atom. The van der Waals surface area contributed by atoms with E-state index in [2.05, 4.69) is 9.97 Å². The van der Waals surface area contributed by atoms with Crippen molar-refractivity contribution in [3.05, 3.63) is 40.1 Å². The van der Waals surface area contributed by atoms with Crippen molar-refractivity contribution in [2.24, 2.45) is 0 Å². The van der Waals surface area contributed by atoms with Gasteiger partial charge in [-0.2, -0.15) is 0 Å². The van der Waals surface area contributed by atoms with Crippen LogP contribution >= 0.6 is 11.3 Å². The van der Waals surface area contributed by atoms with Gasteiger partial charge in [0.05, 0.1) is 4.88 Å². The van der Waals surface area contributed by atoms with Gasteiger partial charge in [0.15, 0.2) is 0 Å². The summed E-state index contributed by atoms with van der Waals surface area (Å²) < 4.78 is 0. The highest BCUT2D eigenvalue weighted by Gasteiger charge is 2.27. The SMILES string of the molecule is Cc1cnc([C@H]2CCCN(C(=O)c3cccs3)C2)[nH]1. The predicted molar refractivity (Wildman–Crippen MR) is 75.5 cm³/mol. The third-order valence-corrected chi connectivity index (χ3v) is 4.41. The lowest BCUT2D eigenvalue weighted by Gasteiger charge is -2.31. The van der Waals surface area contributed by atoms with Gasteiger partial charge in [-0.15, -0.1) is 11.3 Å². The molecule has 2 aromatic rings. The van der Waals surface area contributed by atoms with Gasteiger partial charge >= 0.3 is 0 Å². The van der Waals surface area contributed by atoms with Crippen molar-refractivity contribution >= 4 is 17.2 Å². The number of carbonyl (C=O) groups excluding carboxylic acids is 1. The molecule has 1 aliphatic rings. The van der Waals surface area contributed by atoms with E-state index in [4.69, 9.17) is 0 Å². The molecule has 100 valence electrons. The van der Waals surface area contributed by atoms with Crippen molar-refractivity contribution < 1.29 is 4.79 Å². The number of H-pyrrole nitrogens is 1. The summed E-state index contributed by atoms with van der Waals surface area (Å²) in [6, 6.07) is 3.82. The maximum Gasteiger partial charge on any atom is 0.263 e. The van der Waals surface area contributed by atoms with Gasteiger partial charge in [-0.1, -0.05) is 6.07 Å². The number of hydrogen-bond acceptors (Lipinski definition) is 3. The summed E-state index contributed by atoms with van der Waals surface area (Å²) in [5, 5.41) is 1.95. The molecule has 4 nitrogen and oxygen atoms in total. The van der Waals surface area contributed by atoms with E-state index in [0.29, 0.717) is 5.92 Å². The van der Waals surface area contributed by atoms with Gasteiger partial charge in [-0.3, -0.25) is 4.79 Å². The van der Waals surface area contributed by atoms with Crippen molar-refractivity contribution in [2.75, 3.05) is 13.1 Å². The highest BCUT2D eigenvalue weighted by atomic mass is 32.1. The number of aromatic nitrogens is 2. The average Bonchev–Trinajstić information content (AvgIpc) is 3.09. The summed E-state index contributed by atoms with van der Waals surface area (Å²) in [5.41, 5.74) is 1.08. The number of aryl methyl sites for hydroxylation is 1. The number of hydrogen-bond donors (Lipinski definition) is 1. The molecule has 3 rings (SSSR count). The zero-order valence-corrected chi connectivity index (χ0v) is 11.7. The Bertz CT molecular complexity index is 561. The van der Waals surface area contributed by atoms with Crippen LogP contribution in [0.3, 0.4) is 0 Å². The van der Waals surface area contributed by atoms with E-state index in [-0.39, 0.29) is 5.91 Å². The topological polar surface area (TPSA) is 49.0 Å². The molecule has 0 spiro atoms. The minimum absolute atomic E-state index is 0.156. The first-order valence-corrected chi connectivity index (χ1v) is 7.46. The lowest BCUT2D eigenvalue weighted by molar-refractivity contribution is 0.0709. The normalized spacial score (nSPS) is 19.6. The minimum Gasteiger partial charge on any atom is -0.346 e. The third kappa shape index (κ3) is 2.56. The van der Waals surface area contributed by atoms with Crippen LogP contribution in [0.4, 0.5) is 0 Å². The van der Waals surface area contributed by atoms with Gasteiger partial charge in [0.25, 0.3) is 5.91 Å². The van der Waals surface area contributed by atoms with Crippen LogP contribution in [0.1, 0.15) is 39.9 Å². The molecule has 1 fully saturated rings. The molecule has 0 aromatic carbocycles. The Morgan fingerprint density at radius 3 is 3.16 bits per heavy atom. The number of aromatic amines is 1. The molecule has 3 heterocycles. The average molecular weight is 275 g/mol. The van der Waals surface area contributed by atoms with Gasteiger partial charge in [0.2, 0.25) is 0 Å². The van der Waals surface area contributed by atoms with Gasteiger partial charge < -0.3 is 9.88 Å². The second kappa shape index (κ2) is 5.17. The molecule has 0 unspecified atom stereocenters. The van der Waals surface area contributed by atoms with Gasteiger partial charge in [-0.05, 0) is 31.2 Å². The zero-order chi connectivity index (χ0) is 13.2. The first-order valence-electron chi connectivity index (χ1n) is 6.58. The molecule has 2 aromatic heterocycles. The Kier molecular flexibility index (Phi) is 3.38. The van der Waals surface area contributed by atoms with Crippen molar-refractivity contribution in [2.45, 2.75) is 25.7 Å². The van der Waals surface area contributed by atoms with Crippen molar-refractivity contribution in [3.63, 3.8) is 0 Å². The van der Waals surface area contributed by atoms with E-state index in [9.17, 15) is 4.79 Å². The third-order valence-electron chi connectivity index (χ3n) is 3.55. The maximum atomic E-state index is 12.3. The summed E-state index contributed by atoms with van der Waals surface area (Å²) in [7, 11) is 0.